The Kier molecular flexibility index (Phi) is 4.20. The van der Waals surface area contributed by atoms with E-state index in [0.29, 0.717) is 24.0 Å². The molecule has 1 aromatic heterocycles. The summed E-state index contributed by atoms with van der Waals surface area (Å²) in [5, 5.41) is 3.16. The van der Waals surface area contributed by atoms with Gasteiger partial charge in [0.1, 0.15) is 11.5 Å². The second-order valence-electron chi connectivity index (χ2n) is 4.69. The lowest BCUT2D eigenvalue weighted by atomic mass is 10.0. The Balaban J connectivity index is 2.07. The van der Waals surface area contributed by atoms with Crippen molar-refractivity contribution in [3.05, 3.63) is 53.7 Å². The maximum absolute atomic E-state index is 11.1. The number of amides is 1. The maximum Gasteiger partial charge on any atom is 0.267 e. The summed E-state index contributed by atoms with van der Waals surface area (Å²) < 4.78 is 0. The van der Waals surface area contributed by atoms with E-state index >= 15 is 0 Å². The van der Waals surface area contributed by atoms with Crippen molar-refractivity contribution in [2.45, 2.75) is 12.8 Å². The molecule has 0 spiro atoms. The number of nitrogens with one attached hydrogen (secondary N) is 1. The van der Waals surface area contributed by atoms with E-state index in [1.54, 1.807) is 6.07 Å². The molecule has 5 N–H and O–H groups in total. The van der Waals surface area contributed by atoms with Gasteiger partial charge in [0, 0.05) is 6.54 Å². The predicted octanol–water partition coefficient (Wildman–Crippen LogP) is 1.98. The van der Waals surface area contributed by atoms with E-state index in [2.05, 4.69) is 29.4 Å². The van der Waals surface area contributed by atoms with Gasteiger partial charge in [0.05, 0.1) is 5.69 Å². The summed E-state index contributed by atoms with van der Waals surface area (Å²) >= 11 is 0. The molecule has 0 radical (unpaired) electrons. The van der Waals surface area contributed by atoms with Crippen LogP contribution < -0.4 is 16.8 Å². The summed E-state index contributed by atoms with van der Waals surface area (Å²) in [6.45, 7) is 2.78. The lowest BCUT2D eigenvalue weighted by Gasteiger charge is -2.15. The van der Waals surface area contributed by atoms with Gasteiger partial charge in [-0.15, -0.1) is 0 Å². The molecular weight excluding hydrogens is 252 g/mol. The van der Waals surface area contributed by atoms with E-state index < -0.39 is 5.91 Å². The van der Waals surface area contributed by atoms with Gasteiger partial charge in [-0.1, -0.05) is 37.3 Å². The third kappa shape index (κ3) is 3.26. The average molecular weight is 270 g/mol. The highest BCUT2D eigenvalue weighted by Crippen LogP contribution is 2.19. The van der Waals surface area contributed by atoms with E-state index in [-0.39, 0.29) is 5.69 Å². The van der Waals surface area contributed by atoms with Crippen LogP contribution >= 0.6 is 0 Å². The van der Waals surface area contributed by atoms with Gasteiger partial charge >= 0.3 is 0 Å². The molecule has 1 aromatic carbocycles. The number of benzene rings is 1. The van der Waals surface area contributed by atoms with Gasteiger partial charge in [0.15, 0.2) is 0 Å². The number of carbonyl (C=O) groups is 1. The predicted molar refractivity (Wildman–Crippen MR) is 80.5 cm³/mol. The standard InChI is InChI=1S/C15H18N4O/c1-10(11-5-3-2-4-6-11)9-18-15-12(16)7-8-13(19-15)14(17)20/h2-8,10H,9,16H2,1H3,(H2,17,20)(H,18,19). The molecular formula is C15H18N4O. The molecule has 0 saturated heterocycles. The molecule has 0 fully saturated rings. The molecule has 1 unspecified atom stereocenters. The first-order valence-electron chi connectivity index (χ1n) is 6.43. The number of rotatable bonds is 5. The van der Waals surface area contributed by atoms with Crippen LogP contribution in [-0.4, -0.2) is 17.4 Å². The molecule has 0 aliphatic heterocycles. The number of aromatic nitrogens is 1. The summed E-state index contributed by atoms with van der Waals surface area (Å²) in [5.41, 5.74) is 13.0. The fourth-order valence-electron chi connectivity index (χ4n) is 1.90. The van der Waals surface area contributed by atoms with E-state index in [0.717, 1.165) is 0 Å². The molecule has 5 nitrogen and oxygen atoms in total. The Morgan fingerprint density at radius 2 is 1.95 bits per heavy atom. The first kappa shape index (κ1) is 13.9. The van der Waals surface area contributed by atoms with Crippen LogP contribution in [0.5, 0.6) is 0 Å². The molecule has 0 saturated carbocycles. The van der Waals surface area contributed by atoms with Crippen molar-refractivity contribution in [1.29, 1.82) is 0 Å². The molecule has 1 amide bonds. The third-order valence-corrected chi connectivity index (χ3v) is 3.12. The summed E-state index contributed by atoms with van der Waals surface area (Å²) in [6.07, 6.45) is 0. The van der Waals surface area contributed by atoms with Crippen LogP contribution in [-0.2, 0) is 0 Å². The number of hydrogen-bond donors (Lipinski definition) is 3. The zero-order valence-electron chi connectivity index (χ0n) is 11.3. The Morgan fingerprint density at radius 3 is 2.60 bits per heavy atom. The van der Waals surface area contributed by atoms with E-state index in [4.69, 9.17) is 11.5 Å². The minimum Gasteiger partial charge on any atom is -0.396 e. The van der Waals surface area contributed by atoms with Crippen LogP contribution in [0.15, 0.2) is 42.5 Å². The van der Waals surface area contributed by atoms with Crippen molar-refractivity contribution in [2.24, 2.45) is 5.73 Å². The number of anilines is 2. The van der Waals surface area contributed by atoms with Crippen molar-refractivity contribution in [3.8, 4) is 0 Å². The fourth-order valence-corrected chi connectivity index (χ4v) is 1.90. The zero-order chi connectivity index (χ0) is 14.5. The Bertz CT molecular complexity index is 598. The van der Waals surface area contributed by atoms with Crippen molar-refractivity contribution >= 4 is 17.4 Å². The highest BCUT2D eigenvalue weighted by atomic mass is 16.1. The SMILES string of the molecule is CC(CNc1nc(C(N)=O)ccc1N)c1ccccc1. The smallest absolute Gasteiger partial charge is 0.267 e. The summed E-state index contributed by atoms with van der Waals surface area (Å²) in [4.78, 5) is 15.2. The van der Waals surface area contributed by atoms with Gasteiger partial charge in [-0.3, -0.25) is 4.79 Å². The van der Waals surface area contributed by atoms with Crippen LogP contribution in [0.4, 0.5) is 11.5 Å². The molecule has 20 heavy (non-hydrogen) atoms. The number of pyridine rings is 1. The van der Waals surface area contributed by atoms with Gasteiger partial charge in [0.2, 0.25) is 0 Å². The largest absolute Gasteiger partial charge is 0.396 e. The average Bonchev–Trinajstić information content (AvgIpc) is 2.46. The fraction of sp³-hybridized carbons (Fsp3) is 0.200. The molecule has 0 aliphatic carbocycles. The van der Waals surface area contributed by atoms with Crippen molar-refractivity contribution in [3.63, 3.8) is 0 Å². The normalized spacial score (nSPS) is 11.8. The van der Waals surface area contributed by atoms with Gasteiger partial charge in [0.25, 0.3) is 5.91 Å². The molecule has 0 bridgehead atoms. The van der Waals surface area contributed by atoms with E-state index in [1.807, 2.05) is 18.2 Å². The van der Waals surface area contributed by atoms with Crippen LogP contribution in [0.1, 0.15) is 28.9 Å². The summed E-state index contributed by atoms with van der Waals surface area (Å²) in [6, 6.07) is 13.3. The lowest BCUT2D eigenvalue weighted by Crippen LogP contribution is -2.17. The first-order chi connectivity index (χ1) is 9.58. The third-order valence-electron chi connectivity index (χ3n) is 3.12. The number of nitrogens with zero attached hydrogens (tertiary/aromatic N) is 1. The number of hydrogen-bond acceptors (Lipinski definition) is 4. The molecule has 104 valence electrons. The highest BCUT2D eigenvalue weighted by Gasteiger charge is 2.09. The minimum absolute atomic E-state index is 0.203. The van der Waals surface area contributed by atoms with Crippen LogP contribution in [0.2, 0.25) is 0 Å². The van der Waals surface area contributed by atoms with Gasteiger partial charge in [-0.25, -0.2) is 4.98 Å². The number of nitrogens with two attached hydrogens (primary N) is 2. The topological polar surface area (TPSA) is 94.0 Å². The number of primary amides is 1. The summed E-state index contributed by atoms with van der Waals surface area (Å²) in [5.74, 6) is 0.225. The Labute approximate surface area is 118 Å². The first-order valence-corrected chi connectivity index (χ1v) is 6.43. The van der Waals surface area contributed by atoms with Crippen molar-refractivity contribution in [1.82, 2.24) is 4.98 Å². The molecule has 2 rings (SSSR count). The minimum atomic E-state index is -0.566. The van der Waals surface area contributed by atoms with Crippen molar-refractivity contribution in [2.75, 3.05) is 17.6 Å². The van der Waals surface area contributed by atoms with Crippen LogP contribution in [0, 0.1) is 0 Å². The van der Waals surface area contributed by atoms with Gasteiger partial charge in [-0.2, -0.15) is 0 Å². The lowest BCUT2D eigenvalue weighted by molar-refractivity contribution is 0.0996. The second-order valence-corrected chi connectivity index (χ2v) is 4.69. The van der Waals surface area contributed by atoms with Crippen molar-refractivity contribution < 1.29 is 4.79 Å². The van der Waals surface area contributed by atoms with Gasteiger partial charge < -0.3 is 16.8 Å². The molecule has 1 heterocycles. The quantitative estimate of drug-likeness (QED) is 0.774. The highest BCUT2D eigenvalue weighted by molar-refractivity contribution is 5.91. The number of carbonyl (C=O) groups excluding carboxylic acids is 1. The zero-order valence-corrected chi connectivity index (χ0v) is 11.3. The molecule has 1 atom stereocenters. The number of nitrogen functional groups attached to an aromatic ring is 1. The van der Waals surface area contributed by atoms with Crippen LogP contribution in [0.25, 0.3) is 0 Å². The maximum atomic E-state index is 11.1. The Morgan fingerprint density at radius 1 is 1.25 bits per heavy atom. The van der Waals surface area contributed by atoms with Crippen LogP contribution in [0.3, 0.4) is 0 Å². The monoisotopic (exact) mass is 270 g/mol. The molecule has 0 aliphatic rings. The molecule has 5 heteroatoms. The summed E-state index contributed by atoms with van der Waals surface area (Å²) in [7, 11) is 0. The van der Waals surface area contributed by atoms with E-state index in [1.165, 1.54) is 11.6 Å². The Hall–Kier alpha value is -2.56. The van der Waals surface area contributed by atoms with E-state index in [9.17, 15) is 4.79 Å². The second kappa shape index (κ2) is 6.06. The van der Waals surface area contributed by atoms with Gasteiger partial charge in [-0.05, 0) is 23.6 Å². The molecule has 2 aromatic rings.